The Labute approximate surface area is 174 Å². The molecule has 0 spiro atoms. The summed E-state index contributed by atoms with van der Waals surface area (Å²) < 4.78 is 10.6. The number of carbonyl (C=O) groups is 1. The van der Waals surface area contributed by atoms with Crippen molar-refractivity contribution in [3.63, 3.8) is 0 Å². The zero-order chi connectivity index (χ0) is 20.9. The fourth-order valence-electron chi connectivity index (χ4n) is 3.82. The molecule has 2 aromatic carbocycles. The maximum atomic E-state index is 12.4. The molecular formula is C24H32N2O3. The Balaban J connectivity index is 1.50. The van der Waals surface area contributed by atoms with Crippen molar-refractivity contribution in [3.05, 3.63) is 59.2 Å². The summed E-state index contributed by atoms with van der Waals surface area (Å²) >= 11 is 0. The monoisotopic (exact) mass is 396 g/mol. The molecule has 0 bridgehead atoms. The lowest BCUT2D eigenvalue weighted by Gasteiger charge is -2.41. The number of benzene rings is 2. The zero-order valence-corrected chi connectivity index (χ0v) is 18.0. The number of rotatable bonds is 8. The summed E-state index contributed by atoms with van der Waals surface area (Å²) in [6, 6.07) is 14.4. The van der Waals surface area contributed by atoms with E-state index in [1.165, 1.54) is 11.1 Å². The van der Waals surface area contributed by atoms with Gasteiger partial charge in [0.05, 0.1) is 14.2 Å². The smallest absolute Gasteiger partial charge is 0.220 e. The summed E-state index contributed by atoms with van der Waals surface area (Å²) in [5.74, 6) is 1.47. The number of amides is 1. The third-order valence-corrected chi connectivity index (χ3v) is 5.79. The molecule has 0 aliphatic carbocycles. The van der Waals surface area contributed by atoms with E-state index in [9.17, 15) is 4.79 Å². The van der Waals surface area contributed by atoms with E-state index in [-0.39, 0.29) is 11.4 Å². The summed E-state index contributed by atoms with van der Waals surface area (Å²) in [6.07, 6.45) is 2.19. The van der Waals surface area contributed by atoms with Crippen molar-refractivity contribution < 1.29 is 14.3 Å². The van der Waals surface area contributed by atoms with Crippen LogP contribution in [0.3, 0.4) is 0 Å². The van der Waals surface area contributed by atoms with Gasteiger partial charge in [-0.05, 0) is 55.5 Å². The molecular weight excluding hydrogens is 364 g/mol. The van der Waals surface area contributed by atoms with Gasteiger partial charge in [0, 0.05) is 31.6 Å². The van der Waals surface area contributed by atoms with Crippen LogP contribution in [0.1, 0.15) is 37.0 Å². The standard InChI is InChI=1S/C24H32N2O3/c1-24(2,26-14-13-19-7-5-6-8-20(19)16-26)17-25-23(27)12-10-18-9-11-21(28-3)22(15-18)29-4/h5-9,11,15H,10,12-14,16-17H2,1-4H3,(H,25,27). The van der Waals surface area contributed by atoms with E-state index in [2.05, 4.69) is 48.3 Å². The number of carbonyl (C=O) groups excluding carboxylic acids is 1. The highest BCUT2D eigenvalue weighted by molar-refractivity contribution is 5.76. The number of nitrogens with one attached hydrogen (secondary N) is 1. The zero-order valence-electron chi connectivity index (χ0n) is 18.0. The Morgan fingerprint density at radius 2 is 1.79 bits per heavy atom. The van der Waals surface area contributed by atoms with Crippen molar-refractivity contribution in [1.82, 2.24) is 10.2 Å². The van der Waals surface area contributed by atoms with Crippen LogP contribution in [0.2, 0.25) is 0 Å². The number of ether oxygens (including phenoxy) is 2. The van der Waals surface area contributed by atoms with E-state index < -0.39 is 0 Å². The van der Waals surface area contributed by atoms with E-state index in [0.717, 1.165) is 25.1 Å². The van der Waals surface area contributed by atoms with Gasteiger partial charge < -0.3 is 14.8 Å². The predicted molar refractivity (Wildman–Crippen MR) is 116 cm³/mol. The Kier molecular flexibility index (Phi) is 6.80. The van der Waals surface area contributed by atoms with Crippen LogP contribution in [0.4, 0.5) is 0 Å². The highest BCUT2D eigenvalue weighted by Gasteiger charge is 2.30. The van der Waals surface area contributed by atoms with Crippen LogP contribution in [0.5, 0.6) is 11.5 Å². The van der Waals surface area contributed by atoms with E-state index in [0.29, 0.717) is 30.9 Å². The van der Waals surface area contributed by atoms with Crippen LogP contribution in [-0.2, 0) is 24.2 Å². The quantitative estimate of drug-likeness (QED) is 0.741. The van der Waals surface area contributed by atoms with Crippen LogP contribution >= 0.6 is 0 Å². The van der Waals surface area contributed by atoms with Gasteiger partial charge in [-0.25, -0.2) is 0 Å². The molecule has 0 saturated carbocycles. The first-order chi connectivity index (χ1) is 13.9. The molecule has 2 aromatic rings. The van der Waals surface area contributed by atoms with Gasteiger partial charge >= 0.3 is 0 Å². The number of aryl methyl sites for hydroxylation is 1. The maximum absolute atomic E-state index is 12.4. The number of nitrogens with zero attached hydrogens (tertiary/aromatic N) is 1. The Bertz CT molecular complexity index is 848. The fourth-order valence-corrected chi connectivity index (χ4v) is 3.82. The average molecular weight is 397 g/mol. The molecule has 0 radical (unpaired) electrons. The minimum atomic E-state index is -0.0907. The van der Waals surface area contributed by atoms with Gasteiger partial charge in [-0.1, -0.05) is 30.3 Å². The maximum Gasteiger partial charge on any atom is 0.220 e. The van der Waals surface area contributed by atoms with Crippen molar-refractivity contribution in [2.75, 3.05) is 27.3 Å². The summed E-state index contributed by atoms with van der Waals surface area (Å²) in [6.45, 7) is 7.00. The second-order valence-corrected chi connectivity index (χ2v) is 8.22. The third-order valence-electron chi connectivity index (χ3n) is 5.79. The molecule has 0 aromatic heterocycles. The SMILES string of the molecule is COc1ccc(CCC(=O)NCC(C)(C)N2CCc3ccccc3C2)cc1OC. The first-order valence-electron chi connectivity index (χ1n) is 10.2. The van der Waals surface area contributed by atoms with Gasteiger partial charge in [0.15, 0.2) is 11.5 Å². The molecule has 3 rings (SSSR count). The average Bonchev–Trinajstić information content (AvgIpc) is 2.75. The molecule has 0 saturated heterocycles. The van der Waals surface area contributed by atoms with Crippen molar-refractivity contribution in [2.45, 2.75) is 45.2 Å². The Hall–Kier alpha value is -2.53. The molecule has 0 atom stereocenters. The van der Waals surface area contributed by atoms with Crippen LogP contribution in [-0.4, -0.2) is 43.7 Å². The topological polar surface area (TPSA) is 50.8 Å². The molecule has 5 nitrogen and oxygen atoms in total. The first-order valence-corrected chi connectivity index (χ1v) is 10.2. The lowest BCUT2D eigenvalue weighted by atomic mass is 9.94. The van der Waals surface area contributed by atoms with Gasteiger partial charge in [-0.15, -0.1) is 0 Å². The second kappa shape index (κ2) is 9.31. The summed E-state index contributed by atoms with van der Waals surface area (Å²) in [7, 11) is 3.24. The second-order valence-electron chi connectivity index (χ2n) is 8.22. The van der Waals surface area contributed by atoms with Crippen molar-refractivity contribution in [3.8, 4) is 11.5 Å². The Morgan fingerprint density at radius 3 is 2.52 bits per heavy atom. The molecule has 1 heterocycles. The summed E-state index contributed by atoms with van der Waals surface area (Å²) in [5.41, 5.74) is 3.81. The largest absolute Gasteiger partial charge is 0.493 e. The molecule has 0 unspecified atom stereocenters. The van der Waals surface area contributed by atoms with Gasteiger partial charge in [0.1, 0.15) is 0 Å². The van der Waals surface area contributed by atoms with Crippen LogP contribution in [0, 0.1) is 0 Å². The number of fused-ring (bicyclic) bond motifs is 1. The van der Waals surface area contributed by atoms with Crippen molar-refractivity contribution >= 4 is 5.91 Å². The molecule has 5 heteroatoms. The number of methoxy groups -OCH3 is 2. The highest BCUT2D eigenvalue weighted by atomic mass is 16.5. The lowest BCUT2D eigenvalue weighted by Crippen LogP contribution is -2.53. The van der Waals surface area contributed by atoms with E-state index >= 15 is 0 Å². The summed E-state index contributed by atoms with van der Waals surface area (Å²) in [5, 5.41) is 3.13. The molecule has 1 aliphatic heterocycles. The molecule has 0 fully saturated rings. The van der Waals surface area contributed by atoms with Gasteiger partial charge in [-0.3, -0.25) is 9.69 Å². The highest BCUT2D eigenvalue weighted by Crippen LogP contribution is 2.28. The normalized spacial score (nSPS) is 14.2. The third kappa shape index (κ3) is 5.30. The van der Waals surface area contributed by atoms with Crippen molar-refractivity contribution in [2.24, 2.45) is 0 Å². The van der Waals surface area contributed by atoms with E-state index in [1.54, 1.807) is 14.2 Å². The van der Waals surface area contributed by atoms with Crippen molar-refractivity contribution in [1.29, 1.82) is 0 Å². The van der Waals surface area contributed by atoms with E-state index in [4.69, 9.17) is 9.47 Å². The molecule has 1 aliphatic rings. The minimum Gasteiger partial charge on any atom is -0.493 e. The fraction of sp³-hybridized carbons (Fsp3) is 0.458. The predicted octanol–water partition coefficient (Wildman–Crippen LogP) is 3.59. The van der Waals surface area contributed by atoms with Gasteiger partial charge in [-0.2, -0.15) is 0 Å². The number of hydrogen-bond donors (Lipinski definition) is 1. The molecule has 1 amide bonds. The minimum absolute atomic E-state index is 0.0743. The van der Waals surface area contributed by atoms with Crippen LogP contribution in [0.15, 0.2) is 42.5 Å². The lowest BCUT2D eigenvalue weighted by molar-refractivity contribution is -0.121. The Morgan fingerprint density at radius 1 is 1.07 bits per heavy atom. The van der Waals surface area contributed by atoms with Gasteiger partial charge in [0.25, 0.3) is 0 Å². The summed E-state index contributed by atoms with van der Waals surface area (Å²) in [4.78, 5) is 14.9. The molecule has 1 N–H and O–H groups in total. The van der Waals surface area contributed by atoms with E-state index in [1.807, 2.05) is 18.2 Å². The molecule has 29 heavy (non-hydrogen) atoms. The number of hydrogen-bond acceptors (Lipinski definition) is 4. The van der Waals surface area contributed by atoms with Crippen LogP contribution < -0.4 is 14.8 Å². The first kappa shape index (κ1) is 21.2. The van der Waals surface area contributed by atoms with Gasteiger partial charge in [0.2, 0.25) is 5.91 Å². The van der Waals surface area contributed by atoms with Crippen LogP contribution in [0.25, 0.3) is 0 Å². The molecule has 156 valence electrons.